The van der Waals surface area contributed by atoms with Gasteiger partial charge in [0.2, 0.25) is 0 Å². The van der Waals surface area contributed by atoms with E-state index in [1.165, 1.54) is 12.1 Å². The van der Waals surface area contributed by atoms with Crippen LogP contribution in [0, 0.1) is 5.82 Å². The van der Waals surface area contributed by atoms with Crippen LogP contribution in [0.5, 0.6) is 0 Å². The Bertz CT molecular complexity index is 514. The lowest BCUT2D eigenvalue weighted by molar-refractivity contribution is -0.140. The van der Waals surface area contributed by atoms with Crippen LogP contribution in [-0.4, -0.2) is 13.2 Å². The van der Waals surface area contributed by atoms with E-state index in [2.05, 4.69) is 0 Å². The van der Waals surface area contributed by atoms with Gasteiger partial charge in [-0.05, 0) is 37.1 Å². The molecule has 2 aromatic carbocycles. The smallest absolute Gasteiger partial charge is 0.183 e. The van der Waals surface area contributed by atoms with Crippen molar-refractivity contribution >= 4 is 0 Å². The Morgan fingerprint density at radius 1 is 0.800 bits per heavy atom. The van der Waals surface area contributed by atoms with Crippen molar-refractivity contribution in [3.63, 3.8) is 0 Å². The highest BCUT2D eigenvalue weighted by Gasteiger charge is 2.11. The summed E-state index contributed by atoms with van der Waals surface area (Å²) in [6.45, 7) is 5.09. The quantitative estimate of drug-likeness (QED) is 0.719. The monoisotopic (exact) mass is 274 g/mol. The fourth-order valence-electron chi connectivity index (χ4n) is 2.02. The van der Waals surface area contributed by atoms with Gasteiger partial charge in [0.05, 0.1) is 0 Å². The first-order valence-corrected chi connectivity index (χ1v) is 6.83. The van der Waals surface area contributed by atoms with E-state index in [0.717, 1.165) is 16.7 Å². The number of hydrogen-bond acceptors (Lipinski definition) is 2. The van der Waals surface area contributed by atoms with E-state index in [0.29, 0.717) is 13.2 Å². The Balaban J connectivity index is 2.18. The summed E-state index contributed by atoms with van der Waals surface area (Å²) in [6.07, 6.45) is -0.327. The van der Waals surface area contributed by atoms with Crippen molar-refractivity contribution in [1.82, 2.24) is 0 Å². The second-order valence-electron chi connectivity index (χ2n) is 4.37. The summed E-state index contributed by atoms with van der Waals surface area (Å²) >= 11 is 0. The van der Waals surface area contributed by atoms with Gasteiger partial charge in [0, 0.05) is 18.8 Å². The molecule has 0 heterocycles. The van der Waals surface area contributed by atoms with Crippen molar-refractivity contribution in [3.05, 3.63) is 59.9 Å². The molecule has 0 N–H and O–H groups in total. The molecule has 0 aliphatic carbocycles. The number of ether oxygens (including phenoxy) is 2. The summed E-state index contributed by atoms with van der Waals surface area (Å²) in [5, 5.41) is 0. The highest BCUT2D eigenvalue weighted by Crippen LogP contribution is 2.24. The molecule has 0 radical (unpaired) electrons. The minimum Gasteiger partial charge on any atom is -0.349 e. The van der Waals surface area contributed by atoms with Crippen molar-refractivity contribution in [2.75, 3.05) is 13.2 Å². The molecular formula is C17H19FO2. The minimum atomic E-state index is -0.327. The summed E-state index contributed by atoms with van der Waals surface area (Å²) in [6, 6.07) is 14.4. The lowest BCUT2D eigenvalue weighted by atomic mass is 10.0. The average molecular weight is 274 g/mol. The van der Waals surface area contributed by atoms with Crippen LogP contribution in [0.2, 0.25) is 0 Å². The molecule has 2 aromatic rings. The molecule has 0 aliphatic heterocycles. The normalized spacial score (nSPS) is 11.0. The van der Waals surface area contributed by atoms with Gasteiger partial charge in [-0.2, -0.15) is 0 Å². The zero-order chi connectivity index (χ0) is 14.4. The second kappa shape index (κ2) is 7.17. The molecule has 0 fully saturated rings. The highest BCUT2D eigenvalue weighted by molar-refractivity contribution is 5.63. The molecule has 0 spiro atoms. The van der Waals surface area contributed by atoms with Crippen molar-refractivity contribution in [2.45, 2.75) is 20.1 Å². The summed E-state index contributed by atoms with van der Waals surface area (Å²) in [7, 11) is 0. The first-order chi connectivity index (χ1) is 9.74. The molecule has 0 saturated heterocycles. The van der Waals surface area contributed by atoms with E-state index in [1.54, 1.807) is 12.1 Å². The SMILES string of the molecule is CCOC(OCC)c1ccc(-c2ccc(F)cc2)cc1. The molecule has 20 heavy (non-hydrogen) atoms. The summed E-state index contributed by atoms with van der Waals surface area (Å²) in [4.78, 5) is 0. The fraction of sp³-hybridized carbons (Fsp3) is 0.294. The summed E-state index contributed by atoms with van der Waals surface area (Å²) in [5.74, 6) is -0.224. The van der Waals surface area contributed by atoms with Crippen LogP contribution in [0.3, 0.4) is 0 Å². The molecule has 0 amide bonds. The van der Waals surface area contributed by atoms with Crippen LogP contribution in [0.25, 0.3) is 11.1 Å². The largest absolute Gasteiger partial charge is 0.349 e. The van der Waals surface area contributed by atoms with Crippen LogP contribution < -0.4 is 0 Å². The number of benzene rings is 2. The summed E-state index contributed by atoms with van der Waals surface area (Å²) < 4.78 is 24.0. The maximum absolute atomic E-state index is 12.9. The van der Waals surface area contributed by atoms with Crippen molar-refractivity contribution in [2.24, 2.45) is 0 Å². The predicted molar refractivity (Wildman–Crippen MR) is 77.8 cm³/mol. The third-order valence-corrected chi connectivity index (χ3v) is 3.00. The molecule has 106 valence electrons. The lowest BCUT2D eigenvalue weighted by Crippen LogP contribution is -2.08. The van der Waals surface area contributed by atoms with Gasteiger partial charge in [-0.1, -0.05) is 36.4 Å². The third-order valence-electron chi connectivity index (χ3n) is 3.00. The van der Waals surface area contributed by atoms with Gasteiger partial charge < -0.3 is 9.47 Å². The van der Waals surface area contributed by atoms with E-state index in [-0.39, 0.29) is 12.1 Å². The first-order valence-electron chi connectivity index (χ1n) is 6.83. The maximum Gasteiger partial charge on any atom is 0.183 e. The van der Waals surface area contributed by atoms with Gasteiger partial charge in [0.1, 0.15) is 5.82 Å². The van der Waals surface area contributed by atoms with Crippen molar-refractivity contribution in [1.29, 1.82) is 0 Å². The standard InChI is InChI=1S/C17H19FO2/c1-3-19-17(20-4-2)15-7-5-13(6-8-15)14-9-11-16(18)12-10-14/h5-12,17H,3-4H2,1-2H3. The highest BCUT2D eigenvalue weighted by atomic mass is 19.1. The van der Waals surface area contributed by atoms with Crippen LogP contribution in [0.15, 0.2) is 48.5 Å². The molecule has 0 bridgehead atoms. The zero-order valence-electron chi connectivity index (χ0n) is 11.8. The Morgan fingerprint density at radius 3 is 1.70 bits per heavy atom. The van der Waals surface area contributed by atoms with Gasteiger partial charge in [0.25, 0.3) is 0 Å². The van der Waals surface area contributed by atoms with Gasteiger partial charge in [0.15, 0.2) is 6.29 Å². The Labute approximate surface area is 119 Å². The fourth-order valence-corrected chi connectivity index (χ4v) is 2.02. The van der Waals surface area contributed by atoms with E-state index < -0.39 is 0 Å². The Hall–Kier alpha value is -1.71. The molecule has 0 atom stereocenters. The molecule has 3 heteroatoms. The Morgan fingerprint density at radius 2 is 1.25 bits per heavy atom. The molecule has 2 rings (SSSR count). The van der Waals surface area contributed by atoms with Crippen molar-refractivity contribution < 1.29 is 13.9 Å². The molecule has 0 aliphatic rings. The number of halogens is 1. The lowest BCUT2D eigenvalue weighted by Gasteiger charge is -2.17. The van der Waals surface area contributed by atoms with E-state index >= 15 is 0 Å². The van der Waals surface area contributed by atoms with Gasteiger partial charge in [-0.3, -0.25) is 0 Å². The van der Waals surface area contributed by atoms with Crippen LogP contribution in [0.1, 0.15) is 25.7 Å². The van der Waals surface area contributed by atoms with Crippen LogP contribution >= 0.6 is 0 Å². The van der Waals surface area contributed by atoms with E-state index in [1.807, 2.05) is 38.1 Å². The first kappa shape index (κ1) is 14.7. The molecule has 0 saturated carbocycles. The van der Waals surface area contributed by atoms with E-state index in [4.69, 9.17) is 9.47 Å². The molecular weight excluding hydrogens is 255 g/mol. The average Bonchev–Trinajstić information content (AvgIpc) is 2.48. The molecule has 0 aromatic heterocycles. The molecule has 2 nitrogen and oxygen atoms in total. The second-order valence-corrected chi connectivity index (χ2v) is 4.37. The van der Waals surface area contributed by atoms with Gasteiger partial charge in [-0.25, -0.2) is 4.39 Å². The van der Waals surface area contributed by atoms with E-state index in [9.17, 15) is 4.39 Å². The minimum absolute atomic E-state index is 0.224. The van der Waals surface area contributed by atoms with Gasteiger partial charge in [-0.15, -0.1) is 0 Å². The zero-order valence-corrected chi connectivity index (χ0v) is 11.8. The maximum atomic E-state index is 12.9. The topological polar surface area (TPSA) is 18.5 Å². The predicted octanol–water partition coefficient (Wildman–Crippen LogP) is 4.56. The van der Waals surface area contributed by atoms with Crippen molar-refractivity contribution in [3.8, 4) is 11.1 Å². The van der Waals surface area contributed by atoms with Crippen LogP contribution in [0.4, 0.5) is 4.39 Å². The van der Waals surface area contributed by atoms with Crippen LogP contribution in [-0.2, 0) is 9.47 Å². The van der Waals surface area contributed by atoms with Gasteiger partial charge >= 0.3 is 0 Å². The Kier molecular flexibility index (Phi) is 5.27. The molecule has 0 unspecified atom stereocenters. The number of hydrogen-bond donors (Lipinski definition) is 0. The summed E-state index contributed by atoms with van der Waals surface area (Å²) in [5.41, 5.74) is 3.02. The third kappa shape index (κ3) is 3.65. The number of rotatable bonds is 6.